The van der Waals surface area contributed by atoms with Crippen molar-refractivity contribution in [2.24, 2.45) is 5.73 Å². The molecule has 20 heavy (non-hydrogen) atoms. The zero-order chi connectivity index (χ0) is 12.9. The predicted octanol–water partition coefficient (Wildman–Crippen LogP) is 3.44. The van der Waals surface area contributed by atoms with Gasteiger partial charge in [-0.05, 0) is 56.6 Å². The van der Waals surface area contributed by atoms with E-state index < -0.39 is 0 Å². The van der Waals surface area contributed by atoms with Gasteiger partial charge in [0.15, 0.2) is 5.82 Å². The number of hydrogen-bond acceptors (Lipinski definition) is 5. The van der Waals surface area contributed by atoms with Gasteiger partial charge in [0.25, 0.3) is 5.89 Å². The summed E-state index contributed by atoms with van der Waals surface area (Å²) in [6.07, 6.45) is 8.07. The summed E-state index contributed by atoms with van der Waals surface area (Å²) in [6, 6.07) is 2.22. The Kier molecular flexibility index (Phi) is 3.60. The van der Waals surface area contributed by atoms with Crippen molar-refractivity contribution in [2.45, 2.75) is 50.5 Å². The first-order valence-electron chi connectivity index (χ1n) is 7.00. The zero-order valence-electron chi connectivity index (χ0n) is 11.2. The Morgan fingerprint density at radius 2 is 2.00 bits per heavy atom. The van der Waals surface area contributed by atoms with Gasteiger partial charge in [-0.25, -0.2) is 0 Å². The van der Waals surface area contributed by atoms with Crippen LogP contribution in [-0.2, 0) is 18.4 Å². The van der Waals surface area contributed by atoms with Crippen LogP contribution in [0.1, 0.15) is 48.4 Å². The molecule has 2 heterocycles. The Bertz CT molecular complexity index is 594. The summed E-state index contributed by atoms with van der Waals surface area (Å²) >= 11 is 1.80. The van der Waals surface area contributed by atoms with Gasteiger partial charge in [0, 0.05) is 4.88 Å². The van der Waals surface area contributed by atoms with Gasteiger partial charge in [0.05, 0.1) is 10.4 Å². The van der Waals surface area contributed by atoms with Gasteiger partial charge in [0.1, 0.15) is 0 Å². The second-order valence-corrected chi connectivity index (χ2v) is 6.84. The third-order valence-corrected chi connectivity index (χ3v) is 5.55. The number of halogens is 1. The first-order valence-corrected chi connectivity index (χ1v) is 7.81. The molecule has 0 amide bonds. The molecule has 0 aromatic carbocycles. The number of aryl methyl sites for hydroxylation is 2. The van der Waals surface area contributed by atoms with Gasteiger partial charge in [-0.15, -0.1) is 23.7 Å². The van der Waals surface area contributed by atoms with Crippen molar-refractivity contribution in [2.75, 3.05) is 0 Å². The smallest absolute Gasteiger partial charge is 0.268 e. The van der Waals surface area contributed by atoms with Crippen molar-refractivity contribution in [1.82, 2.24) is 10.1 Å². The summed E-state index contributed by atoms with van der Waals surface area (Å²) in [6.45, 7) is 0. The maximum Gasteiger partial charge on any atom is 0.268 e. The lowest BCUT2D eigenvalue weighted by atomic mass is 9.77. The fourth-order valence-electron chi connectivity index (χ4n) is 2.90. The molecule has 1 fully saturated rings. The molecule has 6 heteroatoms. The van der Waals surface area contributed by atoms with Crippen LogP contribution in [0.15, 0.2) is 10.6 Å². The Labute approximate surface area is 128 Å². The molecule has 0 unspecified atom stereocenters. The van der Waals surface area contributed by atoms with Crippen LogP contribution < -0.4 is 5.73 Å². The lowest BCUT2D eigenvalue weighted by Crippen LogP contribution is -2.44. The molecule has 2 aromatic heterocycles. The molecule has 0 atom stereocenters. The molecule has 0 saturated heterocycles. The highest BCUT2D eigenvalue weighted by Gasteiger charge is 2.39. The molecule has 0 spiro atoms. The highest BCUT2D eigenvalue weighted by molar-refractivity contribution is 7.15. The van der Waals surface area contributed by atoms with Crippen LogP contribution in [0.4, 0.5) is 0 Å². The minimum atomic E-state index is -0.335. The van der Waals surface area contributed by atoms with Gasteiger partial charge in [-0.1, -0.05) is 5.16 Å². The molecular formula is C14H18ClN3OS. The molecule has 4 rings (SSSR count). The first kappa shape index (κ1) is 14.0. The lowest BCUT2D eigenvalue weighted by Gasteiger charge is -2.34. The average molecular weight is 312 g/mol. The molecule has 2 aliphatic rings. The molecule has 2 aromatic rings. The number of nitrogens with zero attached hydrogens (tertiary/aromatic N) is 2. The van der Waals surface area contributed by atoms with E-state index in [1.807, 2.05) is 0 Å². The highest BCUT2D eigenvalue weighted by Crippen LogP contribution is 2.39. The van der Waals surface area contributed by atoms with Crippen molar-refractivity contribution < 1.29 is 4.52 Å². The summed E-state index contributed by atoms with van der Waals surface area (Å²) in [7, 11) is 0. The quantitative estimate of drug-likeness (QED) is 0.922. The minimum absolute atomic E-state index is 0. The molecule has 108 valence electrons. The van der Waals surface area contributed by atoms with Crippen molar-refractivity contribution in [3.63, 3.8) is 0 Å². The lowest BCUT2D eigenvalue weighted by molar-refractivity contribution is 0.229. The summed E-state index contributed by atoms with van der Waals surface area (Å²) in [5.74, 6) is 1.33. The van der Waals surface area contributed by atoms with Crippen molar-refractivity contribution >= 4 is 23.7 Å². The fourth-order valence-corrected chi connectivity index (χ4v) is 4.08. The first-order chi connectivity index (χ1) is 9.24. The van der Waals surface area contributed by atoms with E-state index in [4.69, 9.17) is 10.3 Å². The molecule has 0 aliphatic heterocycles. The third-order valence-electron chi connectivity index (χ3n) is 4.32. The average Bonchev–Trinajstić information content (AvgIpc) is 3.02. The van der Waals surface area contributed by atoms with Gasteiger partial charge in [-0.2, -0.15) is 4.98 Å². The fraction of sp³-hybridized carbons (Fsp3) is 0.571. The van der Waals surface area contributed by atoms with Crippen LogP contribution in [0.2, 0.25) is 0 Å². The molecule has 1 saturated carbocycles. The van der Waals surface area contributed by atoms with E-state index >= 15 is 0 Å². The van der Waals surface area contributed by atoms with E-state index in [1.165, 1.54) is 36.1 Å². The van der Waals surface area contributed by atoms with Crippen molar-refractivity contribution in [1.29, 1.82) is 0 Å². The zero-order valence-corrected chi connectivity index (χ0v) is 12.9. The number of hydrogen-bond donors (Lipinski definition) is 1. The standard InChI is InChI=1S/C14H17N3OS.ClH/c15-14(6-3-7-14)13-16-12(18-17-13)11-8-9-4-1-2-5-10(9)19-11;/h8H,1-7,15H2;1H. The molecule has 2 N–H and O–H groups in total. The monoisotopic (exact) mass is 311 g/mol. The van der Waals surface area contributed by atoms with E-state index in [-0.39, 0.29) is 17.9 Å². The summed E-state index contributed by atoms with van der Waals surface area (Å²) in [5.41, 5.74) is 7.37. The molecular weight excluding hydrogens is 294 g/mol. The van der Waals surface area contributed by atoms with Gasteiger partial charge in [-0.3, -0.25) is 0 Å². The topological polar surface area (TPSA) is 64.9 Å². The number of aromatic nitrogens is 2. The Morgan fingerprint density at radius 3 is 2.70 bits per heavy atom. The Morgan fingerprint density at radius 1 is 1.20 bits per heavy atom. The predicted molar refractivity (Wildman–Crippen MR) is 81.2 cm³/mol. The third kappa shape index (κ3) is 2.18. The SMILES string of the molecule is Cl.NC1(c2noc(-c3cc4c(s3)CCCC4)n2)CCC1. The van der Waals surface area contributed by atoms with Gasteiger partial charge >= 0.3 is 0 Å². The number of fused-ring (bicyclic) bond motifs is 1. The van der Waals surface area contributed by atoms with E-state index in [0.717, 1.165) is 24.1 Å². The van der Waals surface area contributed by atoms with Crippen molar-refractivity contribution in [3.8, 4) is 10.8 Å². The summed E-state index contributed by atoms with van der Waals surface area (Å²) in [4.78, 5) is 7.12. The normalized spacial score (nSPS) is 19.9. The van der Waals surface area contributed by atoms with Crippen molar-refractivity contribution in [3.05, 3.63) is 22.3 Å². The second kappa shape index (κ2) is 5.13. The second-order valence-electron chi connectivity index (χ2n) is 5.70. The van der Waals surface area contributed by atoms with E-state index in [9.17, 15) is 0 Å². The van der Waals surface area contributed by atoms with Crippen LogP contribution in [0.5, 0.6) is 0 Å². The molecule has 0 bridgehead atoms. The largest absolute Gasteiger partial charge is 0.333 e. The molecule has 2 aliphatic carbocycles. The minimum Gasteiger partial charge on any atom is -0.333 e. The summed E-state index contributed by atoms with van der Waals surface area (Å²) in [5, 5.41) is 4.09. The molecule has 4 nitrogen and oxygen atoms in total. The number of nitrogens with two attached hydrogens (primary N) is 1. The Balaban J connectivity index is 0.00000121. The Hall–Kier alpha value is -0.910. The maximum atomic E-state index is 6.23. The summed E-state index contributed by atoms with van der Waals surface area (Å²) < 4.78 is 5.42. The van der Waals surface area contributed by atoms with E-state index in [1.54, 1.807) is 11.3 Å². The van der Waals surface area contributed by atoms with Crippen LogP contribution in [0, 0.1) is 0 Å². The number of thiophene rings is 1. The highest BCUT2D eigenvalue weighted by atomic mass is 35.5. The van der Waals surface area contributed by atoms with Gasteiger partial charge < -0.3 is 10.3 Å². The van der Waals surface area contributed by atoms with E-state index in [2.05, 4.69) is 16.2 Å². The van der Waals surface area contributed by atoms with Crippen LogP contribution in [-0.4, -0.2) is 10.1 Å². The van der Waals surface area contributed by atoms with Gasteiger partial charge in [0.2, 0.25) is 0 Å². The molecule has 0 radical (unpaired) electrons. The van der Waals surface area contributed by atoms with Crippen LogP contribution in [0.25, 0.3) is 10.8 Å². The maximum absolute atomic E-state index is 6.23. The van der Waals surface area contributed by atoms with Crippen LogP contribution >= 0.6 is 23.7 Å². The van der Waals surface area contributed by atoms with E-state index in [0.29, 0.717) is 11.7 Å². The van der Waals surface area contributed by atoms with Crippen LogP contribution in [0.3, 0.4) is 0 Å². The number of rotatable bonds is 2.